The van der Waals surface area contributed by atoms with Crippen LogP contribution in [0.15, 0.2) is 0 Å². The minimum Gasteiger partial charge on any atom is -0.427 e. The summed E-state index contributed by atoms with van der Waals surface area (Å²) in [4.78, 5) is 0. The Morgan fingerprint density at radius 2 is 1.96 bits per heavy atom. The molecule has 2 heterocycles. The van der Waals surface area contributed by atoms with Crippen LogP contribution in [0.25, 0.3) is 0 Å². The molecule has 0 radical (unpaired) electrons. The Labute approximate surface area is 163 Å². The van der Waals surface area contributed by atoms with Gasteiger partial charge in [-0.25, -0.2) is 0 Å². The molecule has 1 saturated carbocycles. The Kier molecular flexibility index (Phi) is 6.88. The van der Waals surface area contributed by atoms with Gasteiger partial charge in [-0.15, -0.1) is 0 Å². The van der Waals surface area contributed by atoms with E-state index in [4.69, 9.17) is 15.8 Å². The maximum Gasteiger partial charge on any atom is 0.451 e. The van der Waals surface area contributed by atoms with Crippen molar-refractivity contribution >= 4 is 17.3 Å². The van der Waals surface area contributed by atoms with E-state index in [2.05, 4.69) is 5.32 Å². The van der Waals surface area contributed by atoms with Gasteiger partial charge in [0.05, 0.1) is 0 Å². The van der Waals surface area contributed by atoms with Crippen LogP contribution in [0.3, 0.4) is 0 Å². The number of piperidine rings is 1. The maximum atomic E-state index is 13.6. The summed E-state index contributed by atoms with van der Waals surface area (Å²) in [5, 5.41) is 21.5. The van der Waals surface area contributed by atoms with Crippen molar-refractivity contribution in [3.8, 4) is 0 Å². The molecular weight excluding hydrogens is 367 g/mol. The third-order valence-corrected chi connectivity index (χ3v) is 8.61. The zero-order valence-corrected chi connectivity index (χ0v) is 17.2. The number of nitrogens with zero attached hydrogens (tertiary/aromatic N) is 2. The lowest BCUT2D eigenvalue weighted by molar-refractivity contribution is 0.143. The van der Waals surface area contributed by atoms with Crippen molar-refractivity contribution in [3.05, 3.63) is 0 Å². The van der Waals surface area contributed by atoms with Gasteiger partial charge in [-0.05, 0) is 57.8 Å². The van der Waals surface area contributed by atoms with Gasteiger partial charge in [0.25, 0.3) is 10.2 Å². The summed E-state index contributed by atoms with van der Waals surface area (Å²) >= 11 is 0. The van der Waals surface area contributed by atoms with Gasteiger partial charge >= 0.3 is 7.12 Å². The summed E-state index contributed by atoms with van der Waals surface area (Å²) in [5.41, 5.74) is 5.87. The van der Waals surface area contributed by atoms with Gasteiger partial charge in [-0.3, -0.25) is 0 Å². The molecular formula is C17H35BN4O4S. The highest BCUT2D eigenvalue weighted by molar-refractivity contribution is 7.86. The SMILES string of the molecule is C[C@]1(N)CN(S(=O)(=O)N(C2CCC2)C2CCCNC2)C[C@@H]1CCCB(O)O. The minimum absolute atomic E-state index is 0.0266. The van der Waals surface area contributed by atoms with Gasteiger partial charge in [-0.1, -0.05) is 12.8 Å². The van der Waals surface area contributed by atoms with Crippen LogP contribution in [0.1, 0.15) is 51.9 Å². The van der Waals surface area contributed by atoms with Gasteiger partial charge in [-0.2, -0.15) is 17.0 Å². The van der Waals surface area contributed by atoms with E-state index in [0.717, 1.165) is 45.2 Å². The van der Waals surface area contributed by atoms with Crippen LogP contribution in [-0.4, -0.2) is 78.0 Å². The molecule has 0 aromatic rings. The fourth-order valence-corrected chi connectivity index (χ4v) is 6.89. The Balaban J connectivity index is 1.72. The van der Waals surface area contributed by atoms with Gasteiger partial charge in [0.1, 0.15) is 0 Å². The predicted octanol–water partition coefficient (Wildman–Crippen LogP) is -0.260. The quantitative estimate of drug-likeness (QED) is 0.416. The number of nitrogens with two attached hydrogens (primary N) is 1. The van der Waals surface area contributed by atoms with Crippen LogP contribution in [0, 0.1) is 5.92 Å². The molecule has 0 aromatic carbocycles. The van der Waals surface area contributed by atoms with E-state index in [1.54, 1.807) is 8.61 Å². The fraction of sp³-hybridized carbons (Fsp3) is 1.00. The predicted molar refractivity (Wildman–Crippen MR) is 106 cm³/mol. The molecule has 1 unspecified atom stereocenters. The molecule has 0 aromatic heterocycles. The maximum absolute atomic E-state index is 13.6. The largest absolute Gasteiger partial charge is 0.451 e. The number of hydrogen-bond donors (Lipinski definition) is 4. The molecule has 8 nitrogen and oxygen atoms in total. The van der Waals surface area contributed by atoms with Crippen molar-refractivity contribution in [1.29, 1.82) is 0 Å². The van der Waals surface area contributed by atoms with E-state index in [-0.39, 0.29) is 18.0 Å². The topological polar surface area (TPSA) is 119 Å². The molecule has 3 atom stereocenters. The second kappa shape index (κ2) is 8.65. The van der Waals surface area contributed by atoms with Crippen LogP contribution in [0.4, 0.5) is 0 Å². The summed E-state index contributed by atoms with van der Waals surface area (Å²) in [6, 6.07) is 0.147. The third kappa shape index (κ3) is 4.86. The molecule has 0 bridgehead atoms. The molecule has 0 spiro atoms. The third-order valence-electron chi connectivity index (χ3n) is 6.55. The summed E-state index contributed by atoms with van der Waals surface area (Å²) < 4.78 is 30.5. The first kappa shape index (κ1) is 21.5. The lowest BCUT2D eigenvalue weighted by Crippen LogP contribution is -2.58. The van der Waals surface area contributed by atoms with Gasteiger partial charge in [0.2, 0.25) is 0 Å². The van der Waals surface area contributed by atoms with E-state index in [1.165, 1.54) is 0 Å². The molecule has 0 amide bonds. The number of rotatable bonds is 8. The molecule has 156 valence electrons. The van der Waals surface area contributed by atoms with E-state index < -0.39 is 22.9 Å². The van der Waals surface area contributed by atoms with Crippen molar-refractivity contribution in [2.24, 2.45) is 11.7 Å². The first-order valence-corrected chi connectivity index (χ1v) is 11.8. The number of hydrogen-bond acceptors (Lipinski definition) is 6. The molecule has 3 aliphatic rings. The van der Waals surface area contributed by atoms with Crippen LogP contribution < -0.4 is 11.1 Å². The molecule has 10 heteroatoms. The van der Waals surface area contributed by atoms with Crippen molar-refractivity contribution in [2.45, 2.75) is 75.8 Å². The second-order valence-corrected chi connectivity index (χ2v) is 10.7. The Bertz CT molecular complexity index is 594. The van der Waals surface area contributed by atoms with Crippen LogP contribution >= 0.6 is 0 Å². The number of nitrogens with one attached hydrogen (secondary N) is 1. The van der Waals surface area contributed by atoms with Crippen molar-refractivity contribution in [3.63, 3.8) is 0 Å². The lowest BCUT2D eigenvalue weighted by atomic mass is 9.79. The Hall–Kier alpha value is -0.225. The normalized spacial score (nSPS) is 33.4. The average molecular weight is 402 g/mol. The standard InChI is InChI=1S/C17H35BN4O4S/c1-17(19)13-21(12-14(17)5-3-9-18(23)24)27(25,26)22(15-6-2-7-15)16-8-4-10-20-11-16/h14-16,20,23-24H,2-13,19H2,1H3/t14-,16?,17-/m0/s1. The summed E-state index contributed by atoms with van der Waals surface area (Å²) in [7, 11) is -4.87. The average Bonchev–Trinajstić information content (AvgIpc) is 2.87. The van der Waals surface area contributed by atoms with E-state index in [9.17, 15) is 8.42 Å². The monoisotopic (exact) mass is 402 g/mol. The van der Waals surface area contributed by atoms with E-state index in [1.807, 2.05) is 6.92 Å². The van der Waals surface area contributed by atoms with Gasteiger partial charge in [0, 0.05) is 37.3 Å². The second-order valence-electron chi connectivity index (χ2n) is 8.83. The Morgan fingerprint density at radius 1 is 1.26 bits per heavy atom. The zero-order valence-electron chi connectivity index (χ0n) is 16.4. The first-order chi connectivity index (χ1) is 12.7. The highest BCUT2D eigenvalue weighted by Gasteiger charge is 2.49. The Morgan fingerprint density at radius 3 is 2.52 bits per heavy atom. The van der Waals surface area contributed by atoms with E-state index in [0.29, 0.717) is 32.3 Å². The molecule has 2 aliphatic heterocycles. The van der Waals surface area contributed by atoms with Crippen LogP contribution in [0.5, 0.6) is 0 Å². The first-order valence-electron chi connectivity index (χ1n) is 10.4. The van der Waals surface area contributed by atoms with Gasteiger partial charge < -0.3 is 21.1 Å². The lowest BCUT2D eigenvalue weighted by Gasteiger charge is -2.44. The molecule has 3 fully saturated rings. The van der Waals surface area contributed by atoms with Crippen molar-refractivity contribution < 1.29 is 18.5 Å². The van der Waals surface area contributed by atoms with Crippen molar-refractivity contribution in [1.82, 2.24) is 13.9 Å². The van der Waals surface area contributed by atoms with Crippen LogP contribution in [0.2, 0.25) is 6.32 Å². The van der Waals surface area contributed by atoms with Gasteiger partial charge in [0.15, 0.2) is 0 Å². The van der Waals surface area contributed by atoms with Crippen LogP contribution in [-0.2, 0) is 10.2 Å². The minimum atomic E-state index is -3.56. The summed E-state index contributed by atoms with van der Waals surface area (Å²) in [6.45, 7) is 4.34. The molecule has 5 N–H and O–H groups in total. The summed E-state index contributed by atoms with van der Waals surface area (Å²) in [5.74, 6) is 0.0266. The molecule has 3 rings (SSSR count). The highest BCUT2D eigenvalue weighted by Crippen LogP contribution is 2.37. The summed E-state index contributed by atoms with van der Waals surface area (Å²) in [6.07, 6.45) is 6.52. The van der Waals surface area contributed by atoms with E-state index >= 15 is 0 Å². The van der Waals surface area contributed by atoms with Crippen molar-refractivity contribution in [2.75, 3.05) is 26.2 Å². The molecule has 2 saturated heterocycles. The highest BCUT2D eigenvalue weighted by atomic mass is 32.2. The molecule has 1 aliphatic carbocycles. The fourth-order valence-electron chi connectivity index (χ4n) is 4.67. The zero-order chi connectivity index (χ0) is 19.7. The smallest absolute Gasteiger partial charge is 0.427 e. The molecule has 27 heavy (non-hydrogen) atoms.